The van der Waals surface area contributed by atoms with Crippen LogP contribution in [0.25, 0.3) is 0 Å². The molecule has 0 aliphatic heterocycles. The maximum absolute atomic E-state index is 12.9. The third-order valence-corrected chi connectivity index (χ3v) is 14.0. The molecule has 0 amide bonds. The van der Waals surface area contributed by atoms with Crippen molar-refractivity contribution in [2.75, 3.05) is 13.2 Å². The van der Waals surface area contributed by atoms with E-state index in [1.165, 1.54) is 128 Å². The van der Waals surface area contributed by atoms with Crippen LogP contribution in [0.2, 0.25) is 0 Å². The van der Waals surface area contributed by atoms with Crippen molar-refractivity contribution in [1.29, 1.82) is 0 Å². The van der Waals surface area contributed by atoms with E-state index in [1.54, 1.807) is 0 Å². The van der Waals surface area contributed by atoms with Crippen LogP contribution in [0.4, 0.5) is 0 Å². The van der Waals surface area contributed by atoms with Crippen molar-refractivity contribution in [3.8, 4) is 0 Å². The van der Waals surface area contributed by atoms with Crippen molar-refractivity contribution < 1.29 is 28.6 Å². The average Bonchev–Trinajstić information content (AvgIpc) is 3.45. The molecule has 1 atom stereocenters. The Kier molecular flexibility index (Phi) is 62.8. The van der Waals surface area contributed by atoms with Gasteiger partial charge < -0.3 is 14.2 Å². The first kappa shape index (κ1) is 74.8. The van der Waals surface area contributed by atoms with Gasteiger partial charge in [0, 0.05) is 19.3 Å². The summed E-state index contributed by atoms with van der Waals surface area (Å²) in [5.74, 6) is -0.902. The summed E-state index contributed by atoms with van der Waals surface area (Å²) < 4.78 is 16.9. The largest absolute Gasteiger partial charge is 0.462 e. The molecular formula is C73H122O6. The summed E-state index contributed by atoms with van der Waals surface area (Å²) >= 11 is 0. The molecule has 0 aromatic carbocycles. The highest BCUT2D eigenvalue weighted by Gasteiger charge is 2.19. The molecule has 0 aliphatic carbocycles. The normalized spacial score (nSPS) is 12.9. The van der Waals surface area contributed by atoms with Crippen LogP contribution >= 0.6 is 0 Å². The summed E-state index contributed by atoms with van der Waals surface area (Å²) in [5.41, 5.74) is 0. The summed E-state index contributed by atoms with van der Waals surface area (Å²) in [6.45, 7) is 6.52. The zero-order valence-corrected chi connectivity index (χ0v) is 51.6. The fourth-order valence-electron chi connectivity index (χ4n) is 9.06. The van der Waals surface area contributed by atoms with Crippen LogP contribution in [-0.2, 0) is 28.6 Å². The second-order valence-corrected chi connectivity index (χ2v) is 21.7. The molecule has 79 heavy (non-hydrogen) atoms. The van der Waals surface area contributed by atoms with Crippen molar-refractivity contribution in [3.05, 3.63) is 122 Å². The maximum atomic E-state index is 12.9. The fourth-order valence-corrected chi connectivity index (χ4v) is 9.06. The molecule has 0 radical (unpaired) electrons. The Morgan fingerprint density at radius 3 is 0.772 bits per heavy atom. The Bertz CT molecular complexity index is 1640. The Morgan fingerprint density at radius 2 is 0.494 bits per heavy atom. The molecule has 0 N–H and O–H groups in total. The molecule has 450 valence electrons. The summed E-state index contributed by atoms with van der Waals surface area (Å²) in [6, 6.07) is 0. The van der Waals surface area contributed by atoms with Gasteiger partial charge in [-0.25, -0.2) is 0 Å². The molecule has 0 fully saturated rings. The third kappa shape index (κ3) is 64.5. The number of hydrogen-bond acceptors (Lipinski definition) is 6. The summed E-state index contributed by atoms with van der Waals surface area (Å²) in [4.78, 5) is 38.2. The second kappa shape index (κ2) is 66.3. The zero-order valence-electron chi connectivity index (χ0n) is 51.6. The molecule has 0 saturated carbocycles. The summed E-state index contributed by atoms with van der Waals surface area (Å²) in [5, 5.41) is 0. The van der Waals surface area contributed by atoms with Gasteiger partial charge in [-0.3, -0.25) is 14.4 Å². The van der Waals surface area contributed by atoms with E-state index >= 15 is 0 Å². The van der Waals surface area contributed by atoms with E-state index in [0.29, 0.717) is 19.3 Å². The number of unbranched alkanes of at least 4 members (excludes halogenated alkanes) is 28. The van der Waals surface area contributed by atoms with Crippen LogP contribution in [0.5, 0.6) is 0 Å². The molecule has 0 aromatic rings. The molecular weight excluding hydrogens is 973 g/mol. The van der Waals surface area contributed by atoms with Crippen LogP contribution < -0.4 is 0 Å². The van der Waals surface area contributed by atoms with Crippen LogP contribution in [0.1, 0.15) is 303 Å². The number of carbonyl (C=O) groups is 3. The van der Waals surface area contributed by atoms with Gasteiger partial charge in [0.2, 0.25) is 0 Å². The lowest BCUT2D eigenvalue weighted by Crippen LogP contribution is -2.30. The quantitative estimate of drug-likeness (QED) is 0.0261. The first-order valence-corrected chi connectivity index (χ1v) is 33.0. The monoisotopic (exact) mass is 1090 g/mol. The SMILES string of the molecule is CC/C=C\C/C=C\C/C=C\C/C=C\C/C=C\C/C=C\C/C=C\C/C=C\C/C=C\C/C=C\CCCCCCC(=O)OCC(COC(=O)CCCCCCCCCCCCC)OC(=O)CCCCCCCCCCCCCCCCC. The van der Waals surface area contributed by atoms with Gasteiger partial charge in [0.15, 0.2) is 6.10 Å². The lowest BCUT2D eigenvalue weighted by molar-refractivity contribution is -0.167. The van der Waals surface area contributed by atoms with E-state index in [9.17, 15) is 14.4 Å². The molecule has 0 bridgehead atoms. The number of rotatable bonds is 59. The van der Waals surface area contributed by atoms with E-state index in [0.717, 1.165) is 135 Å². The topological polar surface area (TPSA) is 78.9 Å². The molecule has 0 spiro atoms. The second-order valence-electron chi connectivity index (χ2n) is 21.7. The fraction of sp³-hybridized carbons (Fsp3) is 0.685. The van der Waals surface area contributed by atoms with E-state index in [1.807, 2.05) is 0 Å². The van der Waals surface area contributed by atoms with Crippen molar-refractivity contribution in [1.82, 2.24) is 0 Å². The predicted molar refractivity (Wildman–Crippen MR) is 343 cm³/mol. The Hall–Kier alpha value is -4.19. The van der Waals surface area contributed by atoms with Crippen LogP contribution in [0.3, 0.4) is 0 Å². The minimum atomic E-state index is -0.787. The van der Waals surface area contributed by atoms with Gasteiger partial charge in [0.1, 0.15) is 13.2 Å². The van der Waals surface area contributed by atoms with Crippen molar-refractivity contribution in [2.45, 2.75) is 309 Å². The van der Waals surface area contributed by atoms with Crippen LogP contribution in [0.15, 0.2) is 122 Å². The molecule has 0 rings (SSSR count). The molecule has 1 unspecified atom stereocenters. The molecule has 0 aliphatic rings. The minimum absolute atomic E-state index is 0.0831. The van der Waals surface area contributed by atoms with Crippen LogP contribution in [-0.4, -0.2) is 37.2 Å². The molecule has 6 heteroatoms. The number of carbonyl (C=O) groups excluding carboxylic acids is 3. The van der Waals surface area contributed by atoms with E-state index in [2.05, 4.69) is 142 Å². The number of ether oxygens (including phenoxy) is 3. The first-order valence-electron chi connectivity index (χ1n) is 33.0. The van der Waals surface area contributed by atoms with E-state index in [4.69, 9.17) is 14.2 Å². The molecule has 0 saturated heterocycles. The maximum Gasteiger partial charge on any atom is 0.306 e. The summed E-state index contributed by atoms with van der Waals surface area (Å²) in [6.07, 6.45) is 92.1. The minimum Gasteiger partial charge on any atom is -0.462 e. The van der Waals surface area contributed by atoms with Crippen LogP contribution in [0, 0.1) is 0 Å². The zero-order chi connectivity index (χ0) is 57.1. The van der Waals surface area contributed by atoms with E-state index < -0.39 is 6.10 Å². The summed E-state index contributed by atoms with van der Waals surface area (Å²) in [7, 11) is 0. The third-order valence-electron chi connectivity index (χ3n) is 14.0. The van der Waals surface area contributed by atoms with Gasteiger partial charge in [-0.15, -0.1) is 0 Å². The number of allylic oxidation sites excluding steroid dienone is 20. The highest BCUT2D eigenvalue weighted by Crippen LogP contribution is 2.16. The Labute approximate surface area is 488 Å². The lowest BCUT2D eigenvalue weighted by atomic mass is 10.0. The van der Waals surface area contributed by atoms with Crippen molar-refractivity contribution >= 4 is 17.9 Å². The van der Waals surface area contributed by atoms with Crippen molar-refractivity contribution in [3.63, 3.8) is 0 Å². The Morgan fingerprint density at radius 1 is 0.266 bits per heavy atom. The first-order chi connectivity index (χ1) is 39.0. The number of esters is 3. The highest BCUT2D eigenvalue weighted by atomic mass is 16.6. The lowest BCUT2D eigenvalue weighted by Gasteiger charge is -2.18. The molecule has 0 aromatic heterocycles. The molecule has 6 nitrogen and oxygen atoms in total. The molecule has 0 heterocycles. The van der Waals surface area contributed by atoms with Crippen molar-refractivity contribution in [2.24, 2.45) is 0 Å². The van der Waals surface area contributed by atoms with Gasteiger partial charge in [-0.2, -0.15) is 0 Å². The van der Waals surface area contributed by atoms with Gasteiger partial charge >= 0.3 is 17.9 Å². The standard InChI is InChI=1S/C73H122O6/c1-4-7-10-13-16-19-22-24-26-27-28-29-30-31-32-33-34-35-36-37-38-39-40-41-42-43-44-45-47-48-51-54-57-60-63-66-72(75)78-69-70(68-77-71(74)65-62-59-56-53-50-21-18-15-12-9-6-3)79-73(76)67-64-61-58-55-52-49-46-25-23-20-17-14-11-8-5-2/h7,10,16,19,24,26,28-29,31-32,34-35,37-38,40-41,43-44,47-48,70H,4-6,8-9,11-15,17-18,20-23,25,27,30,33,36,39,42,45-46,49-69H2,1-3H3/b10-7-,19-16-,26-24-,29-28-,32-31-,35-34-,38-37-,41-40-,44-43-,48-47-. The predicted octanol–water partition coefficient (Wildman–Crippen LogP) is 22.8. The number of hydrogen-bond donors (Lipinski definition) is 0. The van der Waals surface area contributed by atoms with Gasteiger partial charge in [0.05, 0.1) is 0 Å². The smallest absolute Gasteiger partial charge is 0.306 e. The van der Waals surface area contributed by atoms with E-state index in [-0.39, 0.29) is 31.1 Å². The van der Waals surface area contributed by atoms with Gasteiger partial charge in [0.25, 0.3) is 0 Å². The van der Waals surface area contributed by atoms with Gasteiger partial charge in [-0.1, -0.05) is 309 Å². The average molecular weight is 1100 g/mol. The Balaban J connectivity index is 4.27. The van der Waals surface area contributed by atoms with Gasteiger partial charge in [-0.05, 0) is 96.3 Å². The highest BCUT2D eigenvalue weighted by molar-refractivity contribution is 5.71.